The number of rotatable bonds is 6. The van der Waals surface area contributed by atoms with Gasteiger partial charge in [0.15, 0.2) is 0 Å². The quantitative estimate of drug-likeness (QED) is 0.641. The zero-order valence-electron chi connectivity index (χ0n) is 9.72. The Morgan fingerprint density at radius 1 is 0.842 bits per heavy atom. The van der Waals surface area contributed by atoms with Crippen molar-refractivity contribution in [2.45, 2.75) is 19.3 Å². The van der Waals surface area contributed by atoms with Gasteiger partial charge in [-0.25, -0.2) is 0 Å². The number of benzene rings is 1. The van der Waals surface area contributed by atoms with Crippen molar-refractivity contribution in [3.05, 3.63) is 32.4 Å². The molecular weight excluding hydrogens is 367 g/mol. The van der Waals surface area contributed by atoms with Crippen LogP contribution in [0.15, 0.2) is 12.1 Å². The fraction of sp³-hybridized carbons (Fsp3) is 0.250. The van der Waals surface area contributed by atoms with Gasteiger partial charge < -0.3 is 15.3 Å². The number of carboxylic acid groups (broad SMARTS) is 3. The fourth-order valence-electron chi connectivity index (χ4n) is 1.76. The predicted molar refractivity (Wildman–Crippen MR) is 73.2 cm³/mol. The molecule has 102 valence electrons. The van der Waals surface area contributed by atoms with Gasteiger partial charge in [-0.1, -0.05) is 6.07 Å². The Morgan fingerprint density at radius 2 is 1.32 bits per heavy atom. The van der Waals surface area contributed by atoms with Gasteiger partial charge >= 0.3 is 17.9 Å². The molecule has 0 amide bonds. The maximum Gasteiger partial charge on any atom is 0.307 e. The number of carbonyl (C=O) groups is 3. The first-order valence-electron chi connectivity index (χ1n) is 5.25. The highest BCUT2D eigenvalue weighted by Gasteiger charge is 2.18. The molecule has 0 fully saturated rings. The summed E-state index contributed by atoms with van der Waals surface area (Å²) in [6, 6.07) is 3.13. The minimum Gasteiger partial charge on any atom is -0.481 e. The zero-order valence-corrected chi connectivity index (χ0v) is 11.9. The van der Waals surface area contributed by atoms with Crippen LogP contribution in [-0.2, 0) is 33.6 Å². The largest absolute Gasteiger partial charge is 0.481 e. The van der Waals surface area contributed by atoms with Gasteiger partial charge in [-0.2, -0.15) is 0 Å². The van der Waals surface area contributed by atoms with Crippen LogP contribution in [0.3, 0.4) is 0 Å². The molecule has 1 aromatic rings. The van der Waals surface area contributed by atoms with Gasteiger partial charge in [-0.15, -0.1) is 0 Å². The van der Waals surface area contributed by atoms with Gasteiger partial charge in [-0.05, 0) is 45.3 Å². The molecule has 0 bridgehead atoms. The van der Waals surface area contributed by atoms with Gasteiger partial charge in [0.2, 0.25) is 0 Å². The molecule has 0 unspecified atom stereocenters. The first kappa shape index (κ1) is 15.4. The summed E-state index contributed by atoms with van der Waals surface area (Å²) in [6.07, 6.45) is -1.04. The highest BCUT2D eigenvalue weighted by Crippen LogP contribution is 2.23. The summed E-state index contributed by atoms with van der Waals surface area (Å²) in [5.41, 5.74) is 0.991. The van der Waals surface area contributed by atoms with Crippen LogP contribution in [-0.4, -0.2) is 33.2 Å². The van der Waals surface area contributed by atoms with Crippen LogP contribution < -0.4 is 0 Å². The standard InChI is InChI=1S/C12H11IO6/c13-9-2-1-6(3-10(14)15)7(4-11(16)17)8(9)5-12(18)19/h1-2H,3-5H2,(H,14,15)(H,16,17)(H,18,19). The Kier molecular flexibility index (Phi) is 5.28. The van der Waals surface area contributed by atoms with E-state index in [0.717, 1.165) is 0 Å². The van der Waals surface area contributed by atoms with Crippen LogP contribution in [0.4, 0.5) is 0 Å². The molecule has 0 aliphatic rings. The molecule has 0 aromatic heterocycles. The van der Waals surface area contributed by atoms with Gasteiger partial charge in [-0.3, -0.25) is 14.4 Å². The molecule has 0 spiro atoms. The topological polar surface area (TPSA) is 112 Å². The lowest BCUT2D eigenvalue weighted by Gasteiger charge is -2.13. The van der Waals surface area contributed by atoms with Crippen LogP contribution in [0.25, 0.3) is 0 Å². The molecule has 6 nitrogen and oxygen atoms in total. The van der Waals surface area contributed by atoms with Crippen molar-refractivity contribution in [1.82, 2.24) is 0 Å². The summed E-state index contributed by atoms with van der Waals surface area (Å²) in [5.74, 6) is -3.30. The average molecular weight is 378 g/mol. The van der Waals surface area contributed by atoms with E-state index in [1.54, 1.807) is 6.07 Å². The fourth-order valence-corrected chi connectivity index (χ4v) is 2.45. The second kappa shape index (κ2) is 6.50. The van der Waals surface area contributed by atoms with Crippen LogP contribution in [0.5, 0.6) is 0 Å². The van der Waals surface area contributed by atoms with Crippen molar-refractivity contribution in [2.24, 2.45) is 0 Å². The van der Waals surface area contributed by atoms with Crippen molar-refractivity contribution in [3.8, 4) is 0 Å². The molecule has 19 heavy (non-hydrogen) atoms. The lowest BCUT2D eigenvalue weighted by molar-refractivity contribution is -0.137. The molecular formula is C12H11IO6. The Labute approximate surface area is 122 Å². The first-order chi connectivity index (χ1) is 8.81. The van der Waals surface area contributed by atoms with Crippen molar-refractivity contribution >= 4 is 40.5 Å². The van der Waals surface area contributed by atoms with Gasteiger partial charge in [0.25, 0.3) is 0 Å². The van der Waals surface area contributed by atoms with Crippen LogP contribution in [0.1, 0.15) is 16.7 Å². The van der Waals surface area contributed by atoms with E-state index in [4.69, 9.17) is 15.3 Å². The van der Waals surface area contributed by atoms with Crippen molar-refractivity contribution < 1.29 is 29.7 Å². The van der Waals surface area contributed by atoms with Gasteiger partial charge in [0.05, 0.1) is 19.3 Å². The number of halogens is 1. The van der Waals surface area contributed by atoms with Gasteiger partial charge in [0.1, 0.15) is 0 Å². The van der Waals surface area contributed by atoms with E-state index >= 15 is 0 Å². The minimum atomic E-state index is -1.12. The molecule has 0 saturated carbocycles. The molecule has 0 heterocycles. The third-order valence-electron chi connectivity index (χ3n) is 2.47. The number of carboxylic acids is 3. The molecule has 0 aliphatic carbocycles. The number of hydrogen-bond acceptors (Lipinski definition) is 3. The summed E-state index contributed by atoms with van der Waals surface area (Å²) in [5, 5.41) is 26.5. The van der Waals surface area contributed by atoms with Gasteiger partial charge in [0, 0.05) is 3.57 Å². The van der Waals surface area contributed by atoms with E-state index in [9.17, 15) is 14.4 Å². The number of aliphatic carboxylic acids is 3. The van der Waals surface area contributed by atoms with Crippen molar-refractivity contribution in [2.75, 3.05) is 0 Å². The molecule has 7 heteroatoms. The second-order valence-corrected chi connectivity index (χ2v) is 5.04. The molecule has 0 radical (unpaired) electrons. The summed E-state index contributed by atoms with van der Waals surface area (Å²) < 4.78 is 0.616. The Hall–Kier alpha value is -1.64. The molecule has 1 aromatic carbocycles. The second-order valence-electron chi connectivity index (χ2n) is 3.88. The van der Waals surface area contributed by atoms with E-state index in [0.29, 0.717) is 14.7 Å². The summed E-state index contributed by atoms with van der Waals surface area (Å²) >= 11 is 1.91. The first-order valence-corrected chi connectivity index (χ1v) is 6.33. The SMILES string of the molecule is O=C(O)Cc1ccc(I)c(CC(=O)O)c1CC(=O)O. The van der Waals surface area contributed by atoms with E-state index in [2.05, 4.69) is 0 Å². The highest BCUT2D eigenvalue weighted by molar-refractivity contribution is 14.1. The third kappa shape index (κ3) is 4.51. The lowest BCUT2D eigenvalue weighted by atomic mass is 9.94. The zero-order chi connectivity index (χ0) is 14.6. The summed E-state index contributed by atoms with van der Waals surface area (Å²) in [4.78, 5) is 32.4. The molecule has 0 atom stereocenters. The lowest BCUT2D eigenvalue weighted by Crippen LogP contribution is -2.14. The third-order valence-corrected chi connectivity index (χ3v) is 3.48. The predicted octanol–water partition coefficient (Wildman–Crippen LogP) is 1.17. The average Bonchev–Trinajstić information content (AvgIpc) is 2.25. The van der Waals surface area contributed by atoms with Crippen LogP contribution in [0, 0.1) is 3.57 Å². The maximum atomic E-state index is 10.9. The summed E-state index contributed by atoms with van der Waals surface area (Å²) in [6.45, 7) is 0. The Morgan fingerprint density at radius 3 is 1.79 bits per heavy atom. The van der Waals surface area contributed by atoms with Crippen LogP contribution >= 0.6 is 22.6 Å². The normalized spacial score (nSPS) is 10.2. The van der Waals surface area contributed by atoms with E-state index in [1.807, 2.05) is 22.6 Å². The monoisotopic (exact) mass is 378 g/mol. The maximum absolute atomic E-state index is 10.9. The smallest absolute Gasteiger partial charge is 0.307 e. The van der Waals surface area contributed by atoms with Crippen molar-refractivity contribution in [1.29, 1.82) is 0 Å². The minimum absolute atomic E-state index is 0.282. The molecule has 1 rings (SSSR count). The van der Waals surface area contributed by atoms with E-state index in [1.165, 1.54) is 6.07 Å². The highest BCUT2D eigenvalue weighted by atomic mass is 127. The van der Waals surface area contributed by atoms with Crippen LogP contribution in [0.2, 0.25) is 0 Å². The van der Waals surface area contributed by atoms with E-state index in [-0.39, 0.29) is 24.8 Å². The van der Waals surface area contributed by atoms with E-state index < -0.39 is 17.9 Å². The summed E-state index contributed by atoms with van der Waals surface area (Å²) in [7, 11) is 0. The van der Waals surface area contributed by atoms with Crippen molar-refractivity contribution in [3.63, 3.8) is 0 Å². The number of hydrogen-bond donors (Lipinski definition) is 3. The molecule has 0 saturated heterocycles. The Bertz CT molecular complexity index is 537. The molecule has 0 aliphatic heterocycles. The molecule has 3 N–H and O–H groups in total. The Balaban J connectivity index is 3.35.